The first-order valence-electron chi connectivity index (χ1n) is 33.6. The van der Waals surface area contributed by atoms with E-state index in [4.69, 9.17) is 35.4 Å². The van der Waals surface area contributed by atoms with Gasteiger partial charge < -0.3 is 56.3 Å². The van der Waals surface area contributed by atoms with Gasteiger partial charge in [-0.3, -0.25) is 33.6 Å². The molecule has 7 aliphatic rings. The molecule has 25 heteroatoms. The molecule has 0 radical (unpaired) electrons. The van der Waals surface area contributed by atoms with Crippen molar-refractivity contribution in [1.82, 2.24) is 50.8 Å². The van der Waals surface area contributed by atoms with Crippen molar-refractivity contribution in [2.75, 3.05) is 74.6 Å². The van der Waals surface area contributed by atoms with Gasteiger partial charge in [-0.1, -0.05) is 63.3 Å². The average Bonchev–Trinajstić information content (AvgIpc) is 1.04. The minimum absolute atomic E-state index is 0.000364. The number of nitrogens with zero attached hydrogens (tertiary/aromatic N) is 9. The third kappa shape index (κ3) is 15.2. The first-order valence-corrected chi connectivity index (χ1v) is 34.5. The Morgan fingerprint density at radius 2 is 1.61 bits per heavy atom. The normalized spacial score (nSPS) is 23.1. The van der Waals surface area contributed by atoms with Crippen LogP contribution in [-0.4, -0.2) is 157 Å². The van der Waals surface area contributed by atoms with Crippen LogP contribution in [0.25, 0.3) is 21.3 Å². The lowest BCUT2D eigenvalue weighted by atomic mass is 9.39. The van der Waals surface area contributed by atoms with Gasteiger partial charge in [0, 0.05) is 90.8 Å². The van der Waals surface area contributed by atoms with E-state index in [1.54, 1.807) is 25.2 Å². The number of nitrogens with one attached hydrogen (secondary N) is 5. The molecule has 8 N–H and O–H groups in total. The fraction of sp³-hybridized carbons (Fsp3) is 0.529. The Hall–Kier alpha value is -8.23. The van der Waals surface area contributed by atoms with Crippen LogP contribution in [0.4, 0.5) is 33.1 Å². The maximum Gasteiger partial charge on any atom is 0.312 e. The molecule has 4 saturated carbocycles. The number of carbonyl (C=O) groups excluding carboxylic acids is 6. The quantitative estimate of drug-likeness (QED) is 0.0132. The monoisotopic (exact) mass is 1320 g/mol. The molecule has 95 heavy (non-hydrogen) atoms. The molecule has 1 saturated heterocycles. The number of nitrogens with two attached hydrogens (primary N) is 1. The molecule has 2 aromatic carbocycles. The molecule has 4 bridgehead atoms. The van der Waals surface area contributed by atoms with Gasteiger partial charge in [-0.05, 0) is 130 Å². The number of quaternary nitrogens is 1. The molecule has 3 aliphatic heterocycles. The van der Waals surface area contributed by atoms with Gasteiger partial charge in [-0.2, -0.15) is 5.10 Å². The van der Waals surface area contributed by atoms with Crippen LogP contribution < -0.4 is 37.2 Å². The van der Waals surface area contributed by atoms with Gasteiger partial charge in [0.05, 0.1) is 73.8 Å². The summed E-state index contributed by atoms with van der Waals surface area (Å²) >= 11 is 1.59. The van der Waals surface area contributed by atoms with Gasteiger partial charge in [-0.25, -0.2) is 14.8 Å². The number of hydrogen-bond donors (Lipinski definition) is 7. The Balaban J connectivity index is 0.656. The molecule has 13 rings (SSSR count). The zero-order valence-electron chi connectivity index (χ0n) is 55.2. The van der Waals surface area contributed by atoms with Crippen molar-refractivity contribution < 1.29 is 47.8 Å². The number of anilines is 5. The van der Waals surface area contributed by atoms with Crippen LogP contribution in [0.3, 0.4) is 0 Å². The van der Waals surface area contributed by atoms with Crippen LogP contribution in [-0.2, 0) is 59.6 Å². The molecule has 6 atom stereocenters. The van der Waals surface area contributed by atoms with Crippen LogP contribution in [0.5, 0.6) is 0 Å². The van der Waals surface area contributed by atoms with Gasteiger partial charge in [0.15, 0.2) is 16.8 Å². The number of aliphatic hydroxyl groups is 1. The number of likely N-dealkylation sites (tertiary alicyclic amines) is 1. The number of imide groups is 1. The van der Waals surface area contributed by atoms with Crippen molar-refractivity contribution in [3.63, 3.8) is 0 Å². The Morgan fingerprint density at radius 1 is 0.853 bits per heavy atom. The number of primary amides is 1. The van der Waals surface area contributed by atoms with E-state index in [0.29, 0.717) is 30.2 Å². The fourth-order valence-electron chi connectivity index (χ4n) is 17.2. The molecule has 5 fully saturated rings. The van der Waals surface area contributed by atoms with E-state index in [0.717, 1.165) is 161 Å². The molecular weight excluding hydrogens is 1230 g/mol. The van der Waals surface area contributed by atoms with Crippen molar-refractivity contribution >= 4 is 85.4 Å². The van der Waals surface area contributed by atoms with Gasteiger partial charge >= 0.3 is 6.03 Å². The van der Waals surface area contributed by atoms with E-state index >= 15 is 0 Å². The topological polar surface area (TPSA) is 303 Å². The van der Waals surface area contributed by atoms with Gasteiger partial charge in [0.2, 0.25) is 17.7 Å². The predicted molar refractivity (Wildman–Crippen MR) is 361 cm³/mol. The van der Waals surface area contributed by atoms with E-state index in [9.17, 15) is 33.9 Å². The predicted octanol–water partition coefficient (Wildman–Crippen LogP) is 8.26. The first-order chi connectivity index (χ1) is 45.6. The molecular formula is C70H90N15O9S+. The van der Waals surface area contributed by atoms with Crippen molar-refractivity contribution in [2.24, 2.45) is 27.9 Å². The molecule has 4 aromatic heterocycles. The summed E-state index contributed by atoms with van der Waals surface area (Å²) in [4.78, 5) is 89.0. The standard InChI is InChI=1S/C70H89N15O9S/c1-45(2)60(78-57(87)24-31-93-32-27-84-58(88)22-23-59(84)89)64(91)76-53(14-10-25-72-65(71)92)63(90)74-49-18-16-47(17-19-49)36-85(28-8-9-29-85)30-33-94-70-41-67(4)38-68(5,42-70)40-69(39-67,43-70)44-82-35-48(34-73-82)51-20-21-56(75-54(51)37-86)83-26-11-12-50-46(3)61(80-81-62(50)83)79-66-77-52-13-6-7-15-55(52)95-66/h6-7,13,15-23,34-35,45,53,60,86H,8-12,14,24-33,36-44H2,1-5H3,(H6-,71,72,74,76,77,78,79,80,87,90,91,92)/p+1/t53-,60-,67-,68+,69?,70?/m0/s1. The second-order valence-corrected chi connectivity index (χ2v) is 29.7. The lowest BCUT2D eigenvalue weighted by Crippen LogP contribution is -2.64. The number of pyridine rings is 1. The van der Waals surface area contributed by atoms with E-state index in [2.05, 4.69) is 92.5 Å². The molecule has 7 amide bonds. The fourth-order valence-corrected chi connectivity index (χ4v) is 18.1. The van der Waals surface area contributed by atoms with Gasteiger partial charge in [-0.15, -0.1) is 10.2 Å². The maximum atomic E-state index is 14.0. The number of ether oxygens (including phenoxy) is 2. The molecule has 4 aliphatic carbocycles. The summed E-state index contributed by atoms with van der Waals surface area (Å²) < 4.78 is 17.1. The Bertz CT molecular complexity index is 3810. The molecule has 24 nitrogen and oxygen atoms in total. The largest absolute Gasteiger partial charge is 0.390 e. The highest BCUT2D eigenvalue weighted by Crippen LogP contribution is 2.72. The molecule has 7 heterocycles. The Labute approximate surface area is 558 Å². The van der Waals surface area contributed by atoms with E-state index < -0.39 is 47.7 Å². The van der Waals surface area contributed by atoms with Crippen LogP contribution in [0, 0.1) is 29.1 Å². The van der Waals surface area contributed by atoms with Crippen molar-refractivity contribution in [2.45, 2.75) is 155 Å². The lowest BCUT2D eigenvalue weighted by molar-refractivity contribution is -0.930. The van der Waals surface area contributed by atoms with Crippen LogP contribution in [0.2, 0.25) is 0 Å². The van der Waals surface area contributed by atoms with E-state index in [1.165, 1.54) is 18.6 Å². The lowest BCUT2D eigenvalue weighted by Gasteiger charge is -2.69. The van der Waals surface area contributed by atoms with E-state index in [-0.39, 0.29) is 73.5 Å². The highest BCUT2D eigenvalue weighted by atomic mass is 32.1. The minimum Gasteiger partial charge on any atom is -0.390 e. The van der Waals surface area contributed by atoms with E-state index in [1.807, 2.05) is 42.6 Å². The summed E-state index contributed by atoms with van der Waals surface area (Å²) in [6.45, 7) is 16.7. The molecule has 2 unspecified atom stereocenters. The van der Waals surface area contributed by atoms with Crippen LogP contribution in [0.1, 0.15) is 127 Å². The van der Waals surface area contributed by atoms with Crippen molar-refractivity contribution in [3.8, 4) is 11.1 Å². The van der Waals surface area contributed by atoms with Crippen LogP contribution in [0.15, 0.2) is 85.2 Å². The third-order valence-electron chi connectivity index (χ3n) is 20.3. The molecule has 6 aromatic rings. The van der Waals surface area contributed by atoms with Gasteiger partial charge in [0.25, 0.3) is 11.8 Å². The third-order valence-corrected chi connectivity index (χ3v) is 21.3. The van der Waals surface area contributed by atoms with Crippen molar-refractivity contribution in [1.29, 1.82) is 0 Å². The SMILES string of the molecule is Cc1c(Nc2nc3ccccc3s2)nnc2c1CCCN2c1ccc(-c2cnn(CC34CC5(OCC[N+]6(Cc7ccc(NC(=O)[C@H](CCCNC(N)=O)NC(=O)[C@@H](NC(=O)CCOCCN8C(=O)C=CC8=O)C(C)C)cc7)CCCC6)C[C@](C)(C3)C[C@](C)(C4)C5)c2)c(CO)n1. The van der Waals surface area contributed by atoms with Crippen LogP contribution >= 0.6 is 11.3 Å². The van der Waals surface area contributed by atoms with Gasteiger partial charge in [0.1, 0.15) is 31.0 Å². The summed E-state index contributed by atoms with van der Waals surface area (Å²) in [5, 5.41) is 40.7. The zero-order valence-corrected chi connectivity index (χ0v) is 56.0. The highest BCUT2D eigenvalue weighted by molar-refractivity contribution is 7.22. The number of carbonyl (C=O) groups is 6. The smallest absolute Gasteiger partial charge is 0.312 e. The first kappa shape index (κ1) is 66.8. The summed E-state index contributed by atoms with van der Waals surface area (Å²) in [5.74, 6) is -0.417. The molecule has 0 spiro atoms. The number of thiazole rings is 1. The Kier molecular flexibility index (Phi) is 19.6. The number of aromatic nitrogens is 6. The number of hydrogen-bond acceptors (Lipinski definition) is 17. The Morgan fingerprint density at radius 3 is 2.34 bits per heavy atom. The summed E-state index contributed by atoms with van der Waals surface area (Å²) in [7, 11) is 0. The second-order valence-electron chi connectivity index (χ2n) is 28.7. The highest BCUT2D eigenvalue weighted by Gasteiger charge is 2.66. The number of urea groups is 1. The summed E-state index contributed by atoms with van der Waals surface area (Å²) in [6, 6.07) is 17.4. The number of para-hydroxylation sites is 1. The number of rotatable bonds is 29. The summed E-state index contributed by atoms with van der Waals surface area (Å²) in [6.07, 6.45) is 17.5. The number of amides is 7. The average molecular weight is 1320 g/mol. The van der Waals surface area contributed by atoms with Crippen molar-refractivity contribution in [3.05, 3.63) is 108 Å². The number of fused-ring (bicyclic) bond motifs is 2. The minimum atomic E-state index is -1.01. The summed E-state index contributed by atoms with van der Waals surface area (Å²) in [5.41, 5.74) is 12.5. The maximum absolute atomic E-state index is 14.0. The second kappa shape index (κ2) is 27.8. The number of aliphatic hydroxyl groups excluding tert-OH is 1. The molecule has 504 valence electrons. The zero-order chi connectivity index (χ0) is 66.7. The number of benzene rings is 2.